The summed E-state index contributed by atoms with van der Waals surface area (Å²) in [5, 5.41) is 11.9. The number of carbonyl (C=O) groups excluding carboxylic acids is 1. The Hall–Kier alpha value is -2.11. The Morgan fingerprint density at radius 3 is 2.41 bits per heavy atom. The standard InChI is InChI=1S/C43H60ClN3O2/c1-26(2)29-16-21-43(38(49)47-24-8-9-32(47)37-45-25-31(46-37)27-10-12-28(44)13-11-27)23-22-41(6)30(36(29)43)14-15-34-40(5)19-18-35(48)39(3,4)33(40)17-20-42(34,41)7/h10-13,25,29-30,32-36,48H,1,8-9,14-24H2,2-7H3,(H,45,46)/t29-,30+,32?,33-,34+,35-,36+,40-,41+,42+,43-/m0/s1. The molecule has 6 aliphatic rings. The molecular formula is C43H60ClN3O2. The number of fused-ring (bicyclic) bond motifs is 7. The molecule has 5 aliphatic carbocycles. The van der Waals surface area contributed by atoms with Crippen molar-refractivity contribution in [2.24, 2.45) is 56.7 Å². The van der Waals surface area contributed by atoms with Gasteiger partial charge in [0.25, 0.3) is 0 Å². The van der Waals surface area contributed by atoms with E-state index in [0.29, 0.717) is 35.5 Å². The van der Waals surface area contributed by atoms with E-state index in [9.17, 15) is 5.11 Å². The highest BCUT2D eigenvalue weighted by Gasteiger charge is 2.72. The summed E-state index contributed by atoms with van der Waals surface area (Å²) in [6.45, 7) is 20.3. The quantitative estimate of drug-likeness (QED) is 0.315. The van der Waals surface area contributed by atoms with E-state index >= 15 is 4.79 Å². The van der Waals surface area contributed by atoms with Crippen LogP contribution in [0.15, 0.2) is 42.6 Å². The van der Waals surface area contributed by atoms with Crippen LogP contribution in [0.4, 0.5) is 0 Å². The van der Waals surface area contributed by atoms with Gasteiger partial charge in [-0.05, 0) is 153 Å². The van der Waals surface area contributed by atoms with Crippen molar-refractivity contribution >= 4 is 17.5 Å². The maximum absolute atomic E-state index is 15.4. The molecule has 49 heavy (non-hydrogen) atoms. The number of aliphatic hydroxyl groups is 1. The monoisotopic (exact) mass is 685 g/mol. The summed E-state index contributed by atoms with van der Waals surface area (Å²) in [7, 11) is 0. The second-order valence-corrected chi connectivity index (χ2v) is 19.5. The number of allylic oxidation sites excluding steroid dienone is 1. The first-order valence-electron chi connectivity index (χ1n) is 19.6. The summed E-state index contributed by atoms with van der Waals surface area (Å²) in [4.78, 5) is 26.1. The molecule has 6 heteroatoms. The maximum Gasteiger partial charge on any atom is 0.229 e. The lowest BCUT2D eigenvalue weighted by molar-refractivity contribution is -0.247. The van der Waals surface area contributed by atoms with Gasteiger partial charge in [-0.2, -0.15) is 0 Å². The fourth-order valence-corrected chi connectivity index (χ4v) is 14.5. The summed E-state index contributed by atoms with van der Waals surface area (Å²) >= 11 is 6.17. The highest BCUT2D eigenvalue weighted by molar-refractivity contribution is 6.30. The molecule has 2 aromatic rings. The first-order valence-corrected chi connectivity index (χ1v) is 20.0. The molecular weight excluding hydrogens is 626 g/mol. The molecule has 0 radical (unpaired) electrons. The van der Waals surface area contributed by atoms with Gasteiger partial charge >= 0.3 is 0 Å². The van der Waals surface area contributed by atoms with E-state index in [2.05, 4.69) is 58.0 Å². The minimum absolute atomic E-state index is 0.00532. The zero-order valence-electron chi connectivity index (χ0n) is 31.0. The van der Waals surface area contributed by atoms with Crippen LogP contribution in [0.5, 0.6) is 0 Å². The Kier molecular flexibility index (Phi) is 7.94. The van der Waals surface area contributed by atoms with Crippen molar-refractivity contribution in [3.8, 4) is 11.3 Å². The Morgan fingerprint density at radius 2 is 1.67 bits per heavy atom. The van der Waals surface area contributed by atoms with Crippen LogP contribution in [-0.2, 0) is 4.79 Å². The first-order chi connectivity index (χ1) is 23.2. The normalized spacial score (nSPS) is 44.1. The van der Waals surface area contributed by atoms with Gasteiger partial charge in [-0.15, -0.1) is 0 Å². The molecule has 5 nitrogen and oxygen atoms in total. The van der Waals surface area contributed by atoms with Crippen molar-refractivity contribution in [1.29, 1.82) is 0 Å². The molecule has 266 valence electrons. The molecule has 1 amide bonds. The molecule has 8 rings (SSSR count). The lowest BCUT2D eigenvalue weighted by Gasteiger charge is -2.73. The number of carbonyl (C=O) groups is 1. The van der Waals surface area contributed by atoms with Crippen molar-refractivity contribution in [3.63, 3.8) is 0 Å². The van der Waals surface area contributed by atoms with Gasteiger partial charge in [0, 0.05) is 11.6 Å². The number of hydrogen-bond acceptors (Lipinski definition) is 3. The van der Waals surface area contributed by atoms with Gasteiger partial charge in [0.1, 0.15) is 5.82 Å². The summed E-state index contributed by atoms with van der Waals surface area (Å²) in [5.74, 6) is 3.83. The van der Waals surface area contributed by atoms with Gasteiger partial charge in [-0.1, -0.05) is 70.5 Å². The van der Waals surface area contributed by atoms with Gasteiger partial charge in [0.05, 0.1) is 29.5 Å². The first kappa shape index (κ1) is 34.0. The molecule has 1 aromatic heterocycles. The summed E-state index contributed by atoms with van der Waals surface area (Å²) < 4.78 is 0. The smallest absolute Gasteiger partial charge is 0.229 e. The van der Waals surface area contributed by atoms with E-state index in [1.807, 2.05) is 30.5 Å². The van der Waals surface area contributed by atoms with Crippen LogP contribution in [0, 0.1) is 56.7 Å². The average Bonchev–Trinajstić information content (AvgIpc) is 3.82. The number of benzene rings is 1. The van der Waals surface area contributed by atoms with Crippen LogP contribution in [0.1, 0.15) is 130 Å². The third kappa shape index (κ3) is 4.65. The topological polar surface area (TPSA) is 69.2 Å². The van der Waals surface area contributed by atoms with Crippen LogP contribution < -0.4 is 0 Å². The highest BCUT2D eigenvalue weighted by atomic mass is 35.5. The molecule has 2 heterocycles. The summed E-state index contributed by atoms with van der Waals surface area (Å²) in [5.41, 5.74) is 3.65. The van der Waals surface area contributed by atoms with Crippen LogP contribution in [0.2, 0.25) is 5.02 Å². The molecule has 1 saturated heterocycles. The lowest BCUT2D eigenvalue weighted by atomic mass is 9.32. The predicted molar refractivity (Wildman–Crippen MR) is 198 cm³/mol. The zero-order chi connectivity index (χ0) is 34.7. The van der Waals surface area contributed by atoms with Gasteiger partial charge in [0.2, 0.25) is 5.91 Å². The number of nitrogens with zero attached hydrogens (tertiary/aromatic N) is 2. The second-order valence-electron chi connectivity index (χ2n) is 19.1. The molecule has 0 spiro atoms. The number of halogens is 1. The van der Waals surface area contributed by atoms with E-state index in [0.717, 1.165) is 80.0 Å². The van der Waals surface area contributed by atoms with Crippen molar-refractivity contribution < 1.29 is 9.90 Å². The molecule has 5 saturated carbocycles. The van der Waals surface area contributed by atoms with Gasteiger partial charge in [0.15, 0.2) is 0 Å². The minimum Gasteiger partial charge on any atom is -0.393 e. The predicted octanol–water partition coefficient (Wildman–Crippen LogP) is 10.4. The molecule has 2 N–H and O–H groups in total. The second kappa shape index (κ2) is 11.4. The van der Waals surface area contributed by atoms with Crippen molar-refractivity contribution in [2.75, 3.05) is 6.54 Å². The van der Waals surface area contributed by atoms with E-state index in [4.69, 9.17) is 16.6 Å². The van der Waals surface area contributed by atoms with E-state index in [1.54, 1.807) is 0 Å². The number of H-pyrrole nitrogens is 1. The van der Waals surface area contributed by atoms with E-state index in [1.165, 1.54) is 31.3 Å². The van der Waals surface area contributed by atoms with E-state index < -0.39 is 0 Å². The zero-order valence-corrected chi connectivity index (χ0v) is 31.7. The molecule has 11 atom stereocenters. The Balaban J connectivity index is 1.12. The van der Waals surface area contributed by atoms with Crippen molar-refractivity contribution in [3.05, 3.63) is 53.5 Å². The number of nitrogens with one attached hydrogen (secondary N) is 1. The van der Waals surface area contributed by atoms with Gasteiger partial charge < -0.3 is 15.0 Å². The van der Waals surface area contributed by atoms with E-state index in [-0.39, 0.29) is 39.2 Å². The van der Waals surface area contributed by atoms with Crippen molar-refractivity contribution in [1.82, 2.24) is 14.9 Å². The third-order valence-corrected chi connectivity index (χ3v) is 17.3. The minimum atomic E-state index is -0.316. The number of aliphatic hydroxyl groups excluding tert-OH is 1. The molecule has 1 unspecified atom stereocenters. The molecule has 6 fully saturated rings. The third-order valence-electron chi connectivity index (χ3n) is 17.1. The summed E-state index contributed by atoms with van der Waals surface area (Å²) in [6.07, 6.45) is 14.9. The fourth-order valence-electron chi connectivity index (χ4n) is 14.4. The highest BCUT2D eigenvalue weighted by Crippen LogP contribution is 2.77. The number of aromatic nitrogens is 2. The Labute approximate surface area is 300 Å². The maximum atomic E-state index is 15.4. The number of imidazole rings is 1. The van der Waals surface area contributed by atoms with Crippen LogP contribution in [-0.4, -0.2) is 38.5 Å². The van der Waals surface area contributed by atoms with Crippen LogP contribution in [0.25, 0.3) is 11.3 Å². The molecule has 1 aromatic carbocycles. The average molecular weight is 686 g/mol. The lowest BCUT2D eigenvalue weighted by Crippen LogP contribution is -2.67. The fraction of sp³-hybridized carbons (Fsp3) is 0.721. The van der Waals surface area contributed by atoms with Crippen LogP contribution >= 0.6 is 11.6 Å². The number of aromatic amines is 1. The Morgan fingerprint density at radius 1 is 0.918 bits per heavy atom. The number of amides is 1. The number of likely N-dealkylation sites (tertiary alicyclic amines) is 1. The van der Waals surface area contributed by atoms with Crippen LogP contribution in [0.3, 0.4) is 0 Å². The molecule has 0 bridgehead atoms. The van der Waals surface area contributed by atoms with Gasteiger partial charge in [-0.25, -0.2) is 4.98 Å². The SMILES string of the molecule is C=C(C)[C@@H]1CC[C@]2(C(=O)N3CCCC3c3ncc(-c4ccc(Cl)cc4)[nH]3)CC[C@]3(C)[C@H](CC[C@@H]4[C@@]5(C)CC[C@H](O)C(C)(C)[C@@H]5CC[C@]43C)[C@@H]12. The van der Waals surface area contributed by atoms with Crippen molar-refractivity contribution in [2.45, 2.75) is 131 Å². The largest absolute Gasteiger partial charge is 0.393 e. The number of hydrogen-bond donors (Lipinski definition) is 2. The number of rotatable bonds is 4. The Bertz CT molecular complexity index is 1630. The summed E-state index contributed by atoms with van der Waals surface area (Å²) in [6, 6.07) is 7.87. The molecule has 1 aliphatic heterocycles. The van der Waals surface area contributed by atoms with Gasteiger partial charge in [-0.3, -0.25) is 4.79 Å².